The average molecular weight is 186 g/mol. The van der Waals surface area contributed by atoms with Crippen molar-refractivity contribution in [2.45, 2.75) is 19.1 Å². The SMILES string of the molecule is CN=C(N)N1CCCC(C(N)O)C1. The van der Waals surface area contributed by atoms with Crippen LogP contribution in [0.1, 0.15) is 12.8 Å². The molecule has 0 aromatic rings. The summed E-state index contributed by atoms with van der Waals surface area (Å²) in [5.74, 6) is 0.652. The van der Waals surface area contributed by atoms with Crippen molar-refractivity contribution in [3.8, 4) is 0 Å². The van der Waals surface area contributed by atoms with Gasteiger partial charge >= 0.3 is 0 Å². The zero-order valence-electron chi connectivity index (χ0n) is 7.98. The van der Waals surface area contributed by atoms with Crippen LogP contribution in [0.5, 0.6) is 0 Å². The topological polar surface area (TPSA) is 87.9 Å². The molecular weight excluding hydrogens is 168 g/mol. The van der Waals surface area contributed by atoms with Gasteiger partial charge < -0.3 is 21.5 Å². The summed E-state index contributed by atoms with van der Waals surface area (Å²) in [6, 6.07) is 0. The molecule has 0 saturated carbocycles. The number of hydrogen-bond acceptors (Lipinski definition) is 3. The lowest BCUT2D eigenvalue weighted by Gasteiger charge is -2.34. The van der Waals surface area contributed by atoms with E-state index in [9.17, 15) is 5.11 Å². The largest absolute Gasteiger partial charge is 0.378 e. The van der Waals surface area contributed by atoms with E-state index >= 15 is 0 Å². The molecule has 0 aromatic heterocycles. The number of aliphatic hydroxyl groups is 1. The first kappa shape index (κ1) is 10.3. The highest BCUT2D eigenvalue weighted by Crippen LogP contribution is 2.17. The van der Waals surface area contributed by atoms with Gasteiger partial charge in [0.25, 0.3) is 0 Å². The number of rotatable bonds is 1. The fourth-order valence-electron chi connectivity index (χ4n) is 1.64. The van der Waals surface area contributed by atoms with Crippen molar-refractivity contribution in [2.75, 3.05) is 20.1 Å². The Morgan fingerprint density at radius 3 is 2.92 bits per heavy atom. The zero-order chi connectivity index (χ0) is 9.84. The molecule has 0 aromatic carbocycles. The highest BCUT2D eigenvalue weighted by atomic mass is 16.3. The van der Waals surface area contributed by atoms with Gasteiger partial charge in [0, 0.05) is 26.1 Å². The van der Waals surface area contributed by atoms with Crippen LogP contribution in [0.4, 0.5) is 0 Å². The predicted octanol–water partition coefficient (Wildman–Crippen LogP) is -1.08. The molecule has 5 N–H and O–H groups in total. The molecule has 0 amide bonds. The zero-order valence-corrected chi connectivity index (χ0v) is 7.98. The molecule has 0 radical (unpaired) electrons. The maximum absolute atomic E-state index is 9.22. The van der Waals surface area contributed by atoms with E-state index in [1.54, 1.807) is 7.05 Å². The lowest BCUT2D eigenvalue weighted by Crippen LogP contribution is -2.48. The number of aliphatic hydroxyl groups excluding tert-OH is 1. The molecule has 0 bridgehead atoms. The second-order valence-electron chi connectivity index (χ2n) is 3.42. The first-order valence-corrected chi connectivity index (χ1v) is 4.56. The number of hydrogen-bond donors (Lipinski definition) is 3. The Morgan fingerprint density at radius 1 is 1.69 bits per heavy atom. The van der Waals surface area contributed by atoms with Crippen LogP contribution in [-0.4, -0.2) is 42.3 Å². The van der Waals surface area contributed by atoms with Gasteiger partial charge in [0.2, 0.25) is 0 Å². The summed E-state index contributed by atoms with van der Waals surface area (Å²) in [6.07, 6.45) is 1.23. The Morgan fingerprint density at radius 2 is 2.38 bits per heavy atom. The minimum Gasteiger partial charge on any atom is -0.378 e. The van der Waals surface area contributed by atoms with E-state index in [4.69, 9.17) is 11.5 Å². The predicted molar refractivity (Wildman–Crippen MR) is 52.0 cm³/mol. The summed E-state index contributed by atoms with van der Waals surface area (Å²) in [4.78, 5) is 5.87. The number of likely N-dealkylation sites (tertiary alicyclic amines) is 1. The van der Waals surface area contributed by atoms with Gasteiger partial charge in [-0.05, 0) is 12.8 Å². The third-order valence-electron chi connectivity index (χ3n) is 2.49. The van der Waals surface area contributed by atoms with Crippen molar-refractivity contribution in [2.24, 2.45) is 22.4 Å². The van der Waals surface area contributed by atoms with Crippen molar-refractivity contribution < 1.29 is 5.11 Å². The molecule has 1 aliphatic heterocycles. The lowest BCUT2D eigenvalue weighted by molar-refractivity contribution is 0.0757. The first-order valence-electron chi connectivity index (χ1n) is 4.56. The van der Waals surface area contributed by atoms with Crippen molar-refractivity contribution in [1.82, 2.24) is 4.90 Å². The minimum atomic E-state index is -0.743. The summed E-state index contributed by atoms with van der Waals surface area (Å²) >= 11 is 0. The molecule has 2 atom stereocenters. The number of aliphatic imine (C=N–C) groups is 1. The van der Waals surface area contributed by atoms with Crippen LogP contribution in [0.15, 0.2) is 4.99 Å². The van der Waals surface area contributed by atoms with Crippen LogP contribution in [0.3, 0.4) is 0 Å². The monoisotopic (exact) mass is 186 g/mol. The molecule has 0 spiro atoms. The number of piperidine rings is 1. The smallest absolute Gasteiger partial charge is 0.190 e. The number of nitrogens with zero attached hydrogens (tertiary/aromatic N) is 2. The molecule has 0 aliphatic carbocycles. The van der Waals surface area contributed by atoms with E-state index in [0.717, 1.165) is 19.4 Å². The van der Waals surface area contributed by atoms with E-state index in [2.05, 4.69) is 4.99 Å². The molecule has 5 nitrogen and oxygen atoms in total. The van der Waals surface area contributed by atoms with Crippen molar-refractivity contribution in [3.63, 3.8) is 0 Å². The highest BCUT2D eigenvalue weighted by Gasteiger charge is 2.24. The second-order valence-corrected chi connectivity index (χ2v) is 3.42. The van der Waals surface area contributed by atoms with Gasteiger partial charge in [-0.2, -0.15) is 0 Å². The van der Waals surface area contributed by atoms with Gasteiger partial charge in [-0.3, -0.25) is 4.99 Å². The Labute approximate surface area is 78.4 Å². The van der Waals surface area contributed by atoms with E-state index in [0.29, 0.717) is 12.5 Å². The Kier molecular flexibility index (Phi) is 3.50. The summed E-state index contributed by atoms with van der Waals surface area (Å²) < 4.78 is 0. The number of nitrogens with two attached hydrogens (primary N) is 2. The van der Waals surface area contributed by atoms with Crippen LogP contribution >= 0.6 is 0 Å². The van der Waals surface area contributed by atoms with Crippen LogP contribution in [-0.2, 0) is 0 Å². The summed E-state index contributed by atoms with van der Waals surface area (Å²) in [5, 5.41) is 9.22. The molecule has 1 aliphatic rings. The maximum atomic E-state index is 9.22. The van der Waals surface area contributed by atoms with Crippen molar-refractivity contribution >= 4 is 5.96 Å². The second kappa shape index (κ2) is 4.43. The first-order chi connectivity index (χ1) is 6.15. The summed E-state index contributed by atoms with van der Waals surface area (Å²) in [6.45, 7) is 1.62. The fraction of sp³-hybridized carbons (Fsp3) is 0.875. The number of guanidine groups is 1. The Balaban J connectivity index is 2.51. The van der Waals surface area contributed by atoms with Crippen LogP contribution in [0, 0.1) is 5.92 Å². The van der Waals surface area contributed by atoms with E-state index < -0.39 is 6.23 Å². The van der Waals surface area contributed by atoms with E-state index in [1.807, 2.05) is 4.90 Å². The van der Waals surface area contributed by atoms with Gasteiger partial charge in [0.1, 0.15) is 6.23 Å². The van der Waals surface area contributed by atoms with Gasteiger partial charge in [-0.1, -0.05) is 0 Å². The molecule has 2 unspecified atom stereocenters. The highest BCUT2D eigenvalue weighted by molar-refractivity contribution is 5.77. The van der Waals surface area contributed by atoms with Crippen molar-refractivity contribution in [3.05, 3.63) is 0 Å². The van der Waals surface area contributed by atoms with E-state index in [-0.39, 0.29) is 5.92 Å². The standard InChI is InChI=1S/C8H18N4O/c1-11-8(10)12-4-2-3-6(5-12)7(9)13/h6-7,13H,2-5,9H2,1H3,(H2,10,11). The molecule has 5 heteroatoms. The van der Waals surface area contributed by atoms with Crippen molar-refractivity contribution in [1.29, 1.82) is 0 Å². The Bertz CT molecular complexity index is 193. The quantitative estimate of drug-likeness (QED) is 0.276. The van der Waals surface area contributed by atoms with Gasteiger partial charge in [-0.15, -0.1) is 0 Å². The van der Waals surface area contributed by atoms with Crippen LogP contribution < -0.4 is 11.5 Å². The maximum Gasteiger partial charge on any atom is 0.190 e. The van der Waals surface area contributed by atoms with Gasteiger partial charge in [0.15, 0.2) is 5.96 Å². The molecule has 76 valence electrons. The van der Waals surface area contributed by atoms with Crippen LogP contribution in [0.2, 0.25) is 0 Å². The average Bonchev–Trinajstić information content (AvgIpc) is 2.17. The Hall–Kier alpha value is -0.810. The van der Waals surface area contributed by atoms with Crippen LogP contribution in [0.25, 0.3) is 0 Å². The third kappa shape index (κ3) is 2.57. The molecular formula is C8H18N4O. The molecule has 13 heavy (non-hydrogen) atoms. The normalized spacial score (nSPS) is 27.5. The lowest BCUT2D eigenvalue weighted by atomic mass is 9.97. The minimum absolute atomic E-state index is 0.119. The molecule has 1 fully saturated rings. The molecule has 1 heterocycles. The van der Waals surface area contributed by atoms with E-state index in [1.165, 1.54) is 0 Å². The fourth-order valence-corrected chi connectivity index (χ4v) is 1.64. The molecule has 1 saturated heterocycles. The van der Waals surface area contributed by atoms with Gasteiger partial charge in [-0.25, -0.2) is 0 Å². The molecule has 1 rings (SSSR count). The summed E-state index contributed by atoms with van der Waals surface area (Å²) in [5.41, 5.74) is 11.1. The third-order valence-corrected chi connectivity index (χ3v) is 2.49. The van der Waals surface area contributed by atoms with Gasteiger partial charge in [0.05, 0.1) is 0 Å². The summed E-state index contributed by atoms with van der Waals surface area (Å²) in [7, 11) is 1.66.